The van der Waals surface area contributed by atoms with Crippen LogP contribution in [0.2, 0.25) is 0 Å². The number of hydrogen-bond acceptors (Lipinski definition) is 5. The lowest BCUT2D eigenvalue weighted by atomic mass is 10.2. The topological polar surface area (TPSA) is 92.2 Å². The van der Waals surface area contributed by atoms with Gasteiger partial charge in [0.25, 0.3) is 0 Å². The predicted molar refractivity (Wildman–Crippen MR) is 69.7 cm³/mol. The lowest BCUT2D eigenvalue weighted by molar-refractivity contribution is -0.134. The van der Waals surface area contributed by atoms with Crippen molar-refractivity contribution >= 4 is 5.91 Å². The molecule has 1 unspecified atom stereocenters. The molecule has 6 heteroatoms. The third kappa shape index (κ3) is 5.04. The van der Waals surface area contributed by atoms with Crippen molar-refractivity contribution in [3.63, 3.8) is 0 Å². The van der Waals surface area contributed by atoms with Gasteiger partial charge in [0.2, 0.25) is 5.91 Å². The highest BCUT2D eigenvalue weighted by Crippen LogP contribution is 2.05. The Labute approximate surface area is 112 Å². The maximum atomic E-state index is 12.1. The third-order valence-electron chi connectivity index (χ3n) is 2.56. The fraction of sp³-hybridized carbons (Fsp3) is 0.462. The Bertz CT molecular complexity index is 430. The van der Waals surface area contributed by atoms with Crippen LogP contribution in [0.1, 0.15) is 12.0 Å². The van der Waals surface area contributed by atoms with E-state index in [-0.39, 0.29) is 18.9 Å². The minimum Gasteiger partial charge on any atom is -0.383 e. The number of hydrogen-bond donors (Lipinski definition) is 1. The first-order valence-corrected chi connectivity index (χ1v) is 5.98. The molecular formula is C13H18N4O2. The van der Waals surface area contributed by atoms with Crippen LogP contribution in [-0.2, 0) is 16.1 Å². The van der Waals surface area contributed by atoms with Crippen molar-refractivity contribution in [2.45, 2.75) is 19.0 Å². The lowest BCUT2D eigenvalue weighted by Gasteiger charge is -2.24. The van der Waals surface area contributed by atoms with E-state index in [1.165, 1.54) is 7.11 Å². The molecule has 0 aliphatic rings. The molecule has 0 saturated carbocycles. The van der Waals surface area contributed by atoms with Crippen LogP contribution in [0.15, 0.2) is 24.5 Å². The zero-order chi connectivity index (χ0) is 14.1. The van der Waals surface area contributed by atoms with E-state index in [1.54, 1.807) is 23.4 Å². The first kappa shape index (κ1) is 15.1. The molecular weight excluding hydrogens is 244 g/mol. The van der Waals surface area contributed by atoms with Gasteiger partial charge in [0, 0.05) is 32.6 Å². The van der Waals surface area contributed by atoms with Crippen LogP contribution in [-0.4, -0.2) is 42.1 Å². The average Bonchev–Trinajstić information content (AvgIpc) is 2.44. The van der Waals surface area contributed by atoms with E-state index >= 15 is 0 Å². The number of carbonyl (C=O) groups is 1. The largest absolute Gasteiger partial charge is 0.383 e. The number of rotatable bonds is 7. The van der Waals surface area contributed by atoms with Gasteiger partial charge < -0.3 is 15.4 Å². The molecule has 1 amide bonds. The summed E-state index contributed by atoms with van der Waals surface area (Å²) in [6.07, 6.45) is 3.63. The van der Waals surface area contributed by atoms with E-state index in [0.717, 1.165) is 5.56 Å². The second-order valence-electron chi connectivity index (χ2n) is 4.09. The Morgan fingerprint density at radius 3 is 3.05 bits per heavy atom. The Kier molecular flexibility index (Phi) is 6.50. The molecule has 1 heterocycles. The molecule has 1 rings (SSSR count). The molecule has 0 bridgehead atoms. The molecule has 0 aromatic carbocycles. The molecule has 102 valence electrons. The van der Waals surface area contributed by atoms with Gasteiger partial charge in [-0.3, -0.25) is 9.78 Å². The standard InChI is InChI=1S/C13H18N4O2/c1-19-10-12(15)13(18)17(7-3-5-14)9-11-4-2-6-16-8-11/h2,4,6,8,12H,3,7,9-10,15H2,1H3. The van der Waals surface area contributed by atoms with Crippen LogP contribution in [0.4, 0.5) is 0 Å². The van der Waals surface area contributed by atoms with Crippen molar-refractivity contribution in [3.05, 3.63) is 30.1 Å². The molecule has 0 saturated heterocycles. The summed E-state index contributed by atoms with van der Waals surface area (Å²) >= 11 is 0. The Hall–Kier alpha value is -1.97. The van der Waals surface area contributed by atoms with Gasteiger partial charge in [0.1, 0.15) is 6.04 Å². The zero-order valence-corrected chi connectivity index (χ0v) is 11.0. The van der Waals surface area contributed by atoms with Crippen LogP contribution >= 0.6 is 0 Å². The second kappa shape index (κ2) is 8.19. The molecule has 19 heavy (non-hydrogen) atoms. The minimum absolute atomic E-state index is 0.162. The zero-order valence-electron chi connectivity index (χ0n) is 11.0. The summed E-state index contributed by atoms with van der Waals surface area (Å²) in [5, 5.41) is 8.65. The van der Waals surface area contributed by atoms with Gasteiger partial charge in [0.05, 0.1) is 19.1 Å². The van der Waals surface area contributed by atoms with Gasteiger partial charge in [-0.15, -0.1) is 0 Å². The minimum atomic E-state index is -0.708. The number of methoxy groups -OCH3 is 1. The van der Waals surface area contributed by atoms with Crippen molar-refractivity contribution in [3.8, 4) is 6.07 Å². The molecule has 1 atom stereocenters. The molecule has 0 radical (unpaired) electrons. The monoisotopic (exact) mass is 262 g/mol. The summed E-state index contributed by atoms with van der Waals surface area (Å²) < 4.78 is 4.88. The summed E-state index contributed by atoms with van der Waals surface area (Å²) in [5.41, 5.74) is 6.64. The van der Waals surface area contributed by atoms with Gasteiger partial charge in [-0.1, -0.05) is 6.07 Å². The number of amides is 1. The summed E-state index contributed by atoms with van der Waals surface area (Å²) in [6, 6.07) is 5.00. The predicted octanol–water partition coefficient (Wildman–Crippen LogP) is 0.298. The normalized spacial score (nSPS) is 11.6. The van der Waals surface area contributed by atoms with Crippen molar-refractivity contribution < 1.29 is 9.53 Å². The Balaban J connectivity index is 2.71. The number of nitrogens with two attached hydrogens (primary N) is 1. The number of carbonyl (C=O) groups excluding carboxylic acids is 1. The highest BCUT2D eigenvalue weighted by Gasteiger charge is 2.20. The van der Waals surface area contributed by atoms with Crippen molar-refractivity contribution in [2.24, 2.45) is 5.73 Å². The highest BCUT2D eigenvalue weighted by atomic mass is 16.5. The highest BCUT2D eigenvalue weighted by molar-refractivity contribution is 5.81. The smallest absolute Gasteiger partial charge is 0.242 e. The number of nitriles is 1. The molecule has 1 aromatic rings. The molecule has 0 spiro atoms. The first-order valence-electron chi connectivity index (χ1n) is 5.98. The van der Waals surface area contributed by atoms with Crippen LogP contribution in [0.3, 0.4) is 0 Å². The van der Waals surface area contributed by atoms with Gasteiger partial charge in [-0.25, -0.2) is 0 Å². The first-order chi connectivity index (χ1) is 9.19. The molecule has 0 fully saturated rings. The van der Waals surface area contributed by atoms with E-state index in [0.29, 0.717) is 13.1 Å². The van der Waals surface area contributed by atoms with E-state index < -0.39 is 6.04 Å². The molecule has 2 N–H and O–H groups in total. The van der Waals surface area contributed by atoms with Crippen LogP contribution < -0.4 is 5.73 Å². The Morgan fingerprint density at radius 2 is 2.47 bits per heavy atom. The number of ether oxygens (including phenoxy) is 1. The van der Waals surface area contributed by atoms with Gasteiger partial charge in [0.15, 0.2) is 0 Å². The molecule has 1 aromatic heterocycles. The number of nitrogens with zero attached hydrogens (tertiary/aromatic N) is 3. The maximum Gasteiger partial charge on any atom is 0.242 e. The van der Waals surface area contributed by atoms with Gasteiger partial charge in [-0.2, -0.15) is 5.26 Å². The van der Waals surface area contributed by atoms with E-state index in [4.69, 9.17) is 15.7 Å². The van der Waals surface area contributed by atoms with Crippen LogP contribution in [0, 0.1) is 11.3 Å². The van der Waals surface area contributed by atoms with Gasteiger partial charge >= 0.3 is 0 Å². The number of aromatic nitrogens is 1. The third-order valence-corrected chi connectivity index (χ3v) is 2.56. The SMILES string of the molecule is COCC(N)C(=O)N(CCC#N)Cc1cccnc1. The van der Waals surface area contributed by atoms with Crippen molar-refractivity contribution in [1.82, 2.24) is 9.88 Å². The Morgan fingerprint density at radius 1 is 1.68 bits per heavy atom. The van der Waals surface area contributed by atoms with Crippen LogP contribution in [0.5, 0.6) is 0 Å². The molecule has 6 nitrogen and oxygen atoms in total. The fourth-order valence-corrected chi connectivity index (χ4v) is 1.65. The van der Waals surface area contributed by atoms with Crippen molar-refractivity contribution in [2.75, 3.05) is 20.3 Å². The van der Waals surface area contributed by atoms with E-state index in [9.17, 15) is 4.79 Å². The molecule has 0 aliphatic carbocycles. The van der Waals surface area contributed by atoms with E-state index in [1.807, 2.05) is 12.1 Å². The van der Waals surface area contributed by atoms with E-state index in [2.05, 4.69) is 4.98 Å². The lowest BCUT2D eigenvalue weighted by Crippen LogP contribution is -2.46. The van der Waals surface area contributed by atoms with Crippen LogP contribution in [0.25, 0.3) is 0 Å². The van der Waals surface area contributed by atoms with Crippen molar-refractivity contribution in [1.29, 1.82) is 5.26 Å². The summed E-state index contributed by atoms with van der Waals surface area (Å²) in [7, 11) is 1.49. The molecule has 0 aliphatic heterocycles. The average molecular weight is 262 g/mol. The summed E-state index contributed by atoms with van der Waals surface area (Å²) in [4.78, 5) is 17.7. The quantitative estimate of drug-likeness (QED) is 0.762. The summed E-state index contributed by atoms with van der Waals surface area (Å²) in [5.74, 6) is -0.221. The second-order valence-corrected chi connectivity index (χ2v) is 4.09. The van der Waals surface area contributed by atoms with Gasteiger partial charge in [-0.05, 0) is 11.6 Å². The fourth-order valence-electron chi connectivity index (χ4n) is 1.65. The summed E-state index contributed by atoms with van der Waals surface area (Å²) in [6.45, 7) is 0.905. The maximum absolute atomic E-state index is 12.1. The number of pyridine rings is 1.